The van der Waals surface area contributed by atoms with Crippen LogP contribution in [0.15, 0.2) is 42.5 Å². The Balaban J connectivity index is 1.62. The number of nitrogens with zero attached hydrogens (tertiary/aromatic N) is 1. The number of amides is 1. The molecule has 2 aromatic rings. The molecule has 3 rings (SSSR count). The van der Waals surface area contributed by atoms with E-state index < -0.39 is 0 Å². The molecule has 1 fully saturated rings. The number of piperidine rings is 1. The molecule has 1 saturated heterocycles. The summed E-state index contributed by atoms with van der Waals surface area (Å²) in [4.78, 5) is 15.3. The highest BCUT2D eigenvalue weighted by atomic mass is 32.1. The topological polar surface area (TPSA) is 50.8 Å². The number of hydrogen-bond acceptors (Lipinski definition) is 4. The lowest BCUT2D eigenvalue weighted by Gasteiger charge is -2.32. The van der Waals surface area contributed by atoms with Gasteiger partial charge in [0, 0.05) is 24.3 Å². The van der Waals surface area contributed by atoms with Crippen molar-refractivity contribution in [1.29, 1.82) is 0 Å². The van der Waals surface area contributed by atoms with Crippen molar-refractivity contribution < 1.29 is 14.3 Å². The molecule has 1 aliphatic heterocycles. The van der Waals surface area contributed by atoms with Crippen LogP contribution in [0.5, 0.6) is 11.5 Å². The van der Waals surface area contributed by atoms with E-state index in [9.17, 15) is 4.79 Å². The maximum absolute atomic E-state index is 12.2. The van der Waals surface area contributed by atoms with Crippen molar-refractivity contribution in [2.24, 2.45) is 5.92 Å². The molecule has 0 radical (unpaired) electrons. The van der Waals surface area contributed by atoms with Crippen molar-refractivity contribution in [2.75, 3.05) is 32.1 Å². The highest BCUT2D eigenvalue weighted by Crippen LogP contribution is 2.29. The van der Waals surface area contributed by atoms with Gasteiger partial charge >= 0.3 is 0 Å². The first-order valence-corrected chi connectivity index (χ1v) is 10.3. The zero-order chi connectivity index (χ0) is 20.8. The number of anilines is 1. The zero-order valence-corrected chi connectivity index (χ0v) is 18.1. The van der Waals surface area contributed by atoms with Crippen molar-refractivity contribution in [3.63, 3.8) is 0 Å². The van der Waals surface area contributed by atoms with Crippen LogP contribution < -0.4 is 14.8 Å². The summed E-state index contributed by atoms with van der Waals surface area (Å²) in [7, 11) is 1.59. The van der Waals surface area contributed by atoms with Crippen molar-refractivity contribution in [3.05, 3.63) is 53.6 Å². The lowest BCUT2D eigenvalue weighted by atomic mass is 9.99. The van der Waals surface area contributed by atoms with Gasteiger partial charge in [0.25, 0.3) is 5.91 Å². The predicted octanol–water partition coefficient (Wildman–Crippen LogP) is 4.43. The Labute approximate surface area is 178 Å². The fourth-order valence-corrected chi connectivity index (χ4v) is 3.67. The van der Waals surface area contributed by atoms with Gasteiger partial charge in [0.2, 0.25) is 0 Å². The van der Waals surface area contributed by atoms with Gasteiger partial charge in [0.1, 0.15) is 4.99 Å². The highest BCUT2D eigenvalue weighted by molar-refractivity contribution is 7.80. The number of benzene rings is 2. The third-order valence-electron chi connectivity index (χ3n) is 5.26. The SMILES string of the molecule is COc1cc(C(=S)N2CCC(C)CC2)ccc1OCC(=O)Nc1ccccc1C. The van der Waals surface area contributed by atoms with Crippen LogP contribution in [0.4, 0.5) is 5.69 Å². The monoisotopic (exact) mass is 412 g/mol. The third-order valence-corrected chi connectivity index (χ3v) is 5.75. The second-order valence-corrected chi connectivity index (χ2v) is 7.88. The summed E-state index contributed by atoms with van der Waals surface area (Å²) < 4.78 is 11.2. The lowest BCUT2D eigenvalue weighted by Crippen LogP contribution is -2.37. The molecule has 6 heteroatoms. The van der Waals surface area contributed by atoms with Crippen molar-refractivity contribution in [3.8, 4) is 11.5 Å². The Morgan fingerprint density at radius 2 is 1.90 bits per heavy atom. The molecule has 0 spiro atoms. The molecule has 29 heavy (non-hydrogen) atoms. The number of ether oxygens (including phenoxy) is 2. The summed E-state index contributed by atoms with van der Waals surface area (Å²) in [5, 5.41) is 2.86. The molecule has 0 unspecified atom stereocenters. The second-order valence-electron chi connectivity index (χ2n) is 7.49. The molecule has 1 amide bonds. The standard InChI is InChI=1S/C23H28N2O3S/c1-16-10-12-25(13-11-16)23(29)18-8-9-20(21(14-18)27-3)28-15-22(26)24-19-7-5-4-6-17(19)2/h4-9,14,16H,10-13,15H2,1-3H3,(H,24,26). The number of likely N-dealkylation sites (tertiary alicyclic amines) is 1. The molecule has 154 valence electrons. The Kier molecular flexibility index (Phi) is 7.09. The van der Waals surface area contributed by atoms with Gasteiger partial charge in [-0.2, -0.15) is 0 Å². The van der Waals surface area contributed by atoms with Crippen molar-refractivity contribution >= 4 is 28.8 Å². The van der Waals surface area contributed by atoms with Gasteiger partial charge in [0.15, 0.2) is 18.1 Å². The van der Waals surface area contributed by atoms with Crippen LogP contribution in [0, 0.1) is 12.8 Å². The molecule has 0 aromatic heterocycles. The van der Waals surface area contributed by atoms with E-state index >= 15 is 0 Å². The minimum Gasteiger partial charge on any atom is -0.493 e. The molecule has 0 aliphatic carbocycles. The number of methoxy groups -OCH3 is 1. The molecule has 1 aliphatic rings. The van der Waals surface area contributed by atoms with E-state index in [0.29, 0.717) is 11.5 Å². The summed E-state index contributed by atoms with van der Waals surface area (Å²) in [5.41, 5.74) is 2.72. The van der Waals surface area contributed by atoms with Gasteiger partial charge in [-0.15, -0.1) is 0 Å². The lowest BCUT2D eigenvalue weighted by molar-refractivity contribution is -0.118. The Morgan fingerprint density at radius 1 is 1.17 bits per heavy atom. The molecule has 5 nitrogen and oxygen atoms in total. The Hall–Kier alpha value is -2.60. The Bertz CT molecular complexity index is 876. The van der Waals surface area contributed by atoms with Crippen molar-refractivity contribution in [1.82, 2.24) is 4.90 Å². The fourth-order valence-electron chi connectivity index (χ4n) is 3.36. The minimum atomic E-state index is -0.219. The molecule has 0 saturated carbocycles. The number of aryl methyl sites for hydroxylation is 1. The van der Waals surface area contributed by atoms with Crippen LogP contribution in [0.25, 0.3) is 0 Å². The molecule has 0 bridgehead atoms. The Morgan fingerprint density at radius 3 is 2.59 bits per heavy atom. The highest BCUT2D eigenvalue weighted by Gasteiger charge is 2.20. The summed E-state index contributed by atoms with van der Waals surface area (Å²) in [6.45, 7) is 6.10. The molecule has 1 heterocycles. The number of para-hydroxylation sites is 1. The number of hydrogen-bond donors (Lipinski definition) is 1. The molecule has 1 N–H and O–H groups in total. The van der Waals surface area contributed by atoms with Crippen LogP contribution in [0.2, 0.25) is 0 Å². The first-order chi connectivity index (χ1) is 14.0. The van der Waals surface area contributed by atoms with Gasteiger partial charge in [-0.25, -0.2) is 0 Å². The fraction of sp³-hybridized carbons (Fsp3) is 0.391. The molecular formula is C23H28N2O3S. The molecule has 0 atom stereocenters. The van der Waals surface area contributed by atoms with E-state index in [0.717, 1.165) is 53.7 Å². The average Bonchev–Trinajstić information content (AvgIpc) is 2.74. The molecular weight excluding hydrogens is 384 g/mol. The summed E-state index contributed by atoms with van der Waals surface area (Å²) >= 11 is 5.69. The smallest absolute Gasteiger partial charge is 0.262 e. The maximum atomic E-state index is 12.2. The van der Waals surface area contributed by atoms with E-state index in [-0.39, 0.29) is 12.5 Å². The minimum absolute atomic E-state index is 0.0987. The van der Waals surface area contributed by atoms with E-state index in [1.54, 1.807) is 7.11 Å². The third kappa shape index (κ3) is 5.48. The second kappa shape index (κ2) is 9.74. The van der Waals surface area contributed by atoms with Crippen molar-refractivity contribution in [2.45, 2.75) is 26.7 Å². The summed E-state index contributed by atoms with van der Waals surface area (Å²) in [6, 6.07) is 13.3. The summed E-state index contributed by atoms with van der Waals surface area (Å²) in [5.74, 6) is 1.62. The van der Waals surface area contributed by atoms with Crippen LogP contribution >= 0.6 is 12.2 Å². The average molecular weight is 413 g/mol. The van der Waals surface area contributed by atoms with Gasteiger partial charge < -0.3 is 19.7 Å². The quantitative estimate of drug-likeness (QED) is 0.712. The van der Waals surface area contributed by atoms with Crippen LogP contribution in [-0.4, -0.2) is 42.6 Å². The molecule has 2 aromatic carbocycles. The van der Waals surface area contributed by atoms with Crippen LogP contribution in [0.1, 0.15) is 30.9 Å². The largest absolute Gasteiger partial charge is 0.493 e. The predicted molar refractivity (Wildman–Crippen MR) is 120 cm³/mol. The van der Waals surface area contributed by atoms with Gasteiger partial charge in [-0.3, -0.25) is 4.79 Å². The van der Waals surface area contributed by atoms with Gasteiger partial charge in [-0.05, 0) is 55.5 Å². The zero-order valence-electron chi connectivity index (χ0n) is 17.2. The van der Waals surface area contributed by atoms with Crippen LogP contribution in [0.3, 0.4) is 0 Å². The van der Waals surface area contributed by atoms with E-state index in [1.807, 2.05) is 49.4 Å². The number of carbonyl (C=O) groups is 1. The normalized spacial score (nSPS) is 14.4. The first-order valence-electron chi connectivity index (χ1n) is 9.93. The van der Waals surface area contributed by atoms with Crippen LogP contribution in [-0.2, 0) is 4.79 Å². The van der Waals surface area contributed by atoms with E-state index in [2.05, 4.69) is 17.1 Å². The van der Waals surface area contributed by atoms with E-state index in [4.69, 9.17) is 21.7 Å². The van der Waals surface area contributed by atoms with Gasteiger partial charge in [0.05, 0.1) is 7.11 Å². The van der Waals surface area contributed by atoms with E-state index in [1.165, 1.54) is 0 Å². The maximum Gasteiger partial charge on any atom is 0.262 e. The number of thiocarbonyl (C=S) groups is 1. The van der Waals surface area contributed by atoms with Gasteiger partial charge in [-0.1, -0.05) is 37.3 Å². The number of rotatable bonds is 6. The summed E-state index contributed by atoms with van der Waals surface area (Å²) in [6.07, 6.45) is 2.32. The number of carbonyl (C=O) groups excluding carboxylic acids is 1. The first kappa shape index (κ1) is 21.1. The number of nitrogens with one attached hydrogen (secondary N) is 1.